The molecule has 5 heteroatoms. The molecule has 0 spiro atoms. The molecular weight excluding hydrogens is 300 g/mol. The van der Waals surface area contributed by atoms with Gasteiger partial charge < -0.3 is 4.57 Å². The topological polar surface area (TPSA) is 59.3 Å². The van der Waals surface area contributed by atoms with Gasteiger partial charge in [-0.1, -0.05) is 30.4 Å². The van der Waals surface area contributed by atoms with Crippen LogP contribution >= 0.6 is 0 Å². The number of carbonyl (C=O) groups is 1. The number of benzene rings is 1. The van der Waals surface area contributed by atoms with Crippen LogP contribution in [0.15, 0.2) is 59.5 Å². The fraction of sp³-hybridized carbons (Fsp3) is 0.316. The maximum atomic E-state index is 12.2. The molecule has 1 aromatic carbocycles. The second-order valence-corrected chi connectivity index (χ2v) is 6.32. The molecule has 5 nitrogen and oxygen atoms in total. The van der Waals surface area contributed by atoms with Crippen molar-refractivity contribution in [1.82, 2.24) is 15.0 Å². The minimum Gasteiger partial charge on any atom is -0.321 e. The lowest BCUT2D eigenvalue weighted by atomic mass is 9.85. The maximum Gasteiger partial charge on any atom is 0.260 e. The molecule has 1 heterocycles. The van der Waals surface area contributed by atoms with Gasteiger partial charge in [0.2, 0.25) is 0 Å². The third-order valence-electron chi connectivity index (χ3n) is 4.46. The third-order valence-corrected chi connectivity index (χ3v) is 4.46. The van der Waals surface area contributed by atoms with E-state index in [1.54, 1.807) is 6.33 Å². The molecule has 0 fully saturated rings. The second-order valence-electron chi connectivity index (χ2n) is 6.32. The van der Waals surface area contributed by atoms with Gasteiger partial charge in [-0.25, -0.2) is 10.4 Å². The van der Waals surface area contributed by atoms with Crippen LogP contribution in [0.5, 0.6) is 0 Å². The van der Waals surface area contributed by atoms with Crippen molar-refractivity contribution in [3.63, 3.8) is 0 Å². The Balaban J connectivity index is 1.67. The van der Waals surface area contributed by atoms with Gasteiger partial charge in [0.25, 0.3) is 5.91 Å². The maximum absolute atomic E-state index is 12.2. The van der Waals surface area contributed by atoms with E-state index in [1.165, 1.54) is 0 Å². The van der Waals surface area contributed by atoms with Crippen LogP contribution < -0.4 is 5.43 Å². The number of hydrogen-bond donors (Lipinski definition) is 1. The molecule has 124 valence electrons. The van der Waals surface area contributed by atoms with Crippen molar-refractivity contribution < 1.29 is 4.79 Å². The predicted molar refractivity (Wildman–Crippen MR) is 96.6 cm³/mol. The van der Waals surface area contributed by atoms with Crippen molar-refractivity contribution in [2.45, 2.75) is 33.2 Å². The van der Waals surface area contributed by atoms with Crippen molar-refractivity contribution in [3.05, 3.63) is 54.4 Å². The Kier molecular flexibility index (Phi) is 4.60. The minimum atomic E-state index is -0.157. The van der Waals surface area contributed by atoms with E-state index in [2.05, 4.69) is 28.2 Å². The Labute approximate surface area is 141 Å². The van der Waals surface area contributed by atoms with Gasteiger partial charge in [0.05, 0.1) is 23.1 Å². The van der Waals surface area contributed by atoms with Crippen LogP contribution in [0.3, 0.4) is 0 Å². The molecule has 0 saturated carbocycles. The number of rotatable bonds is 4. The largest absolute Gasteiger partial charge is 0.321 e. The van der Waals surface area contributed by atoms with Crippen LogP contribution in [0.4, 0.5) is 0 Å². The highest BCUT2D eigenvalue weighted by Crippen LogP contribution is 2.26. The lowest BCUT2D eigenvalue weighted by Gasteiger charge is -2.22. The molecule has 1 atom stereocenters. The van der Waals surface area contributed by atoms with Crippen molar-refractivity contribution in [2.75, 3.05) is 0 Å². The molecular formula is C19H22N4O. The van der Waals surface area contributed by atoms with Gasteiger partial charge in [-0.05, 0) is 50.3 Å². The van der Waals surface area contributed by atoms with Crippen LogP contribution in [-0.2, 0) is 11.3 Å². The first-order valence-corrected chi connectivity index (χ1v) is 8.12. The molecule has 24 heavy (non-hydrogen) atoms. The fourth-order valence-electron chi connectivity index (χ4n) is 2.88. The van der Waals surface area contributed by atoms with Gasteiger partial charge in [0.15, 0.2) is 0 Å². The lowest BCUT2D eigenvalue weighted by Crippen LogP contribution is -2.26. The van der Waals surface area contributed by atoms with Gasteiger partial charge in [0, 0.05) is 0 Å². The highest BCUT2D eigenvalue weighted by Gasteiger charge is 2.18. The Hall–Kier alpha value is -2.69. The number of nitrogens with one attached hydrogen (secondary N) is 1. The summed E-state index contributed by atoms with van der Waals surface area (Å²) in [5.41, 5.74) is 7.71. The monoisotopic (exact) mass is 322 g/mol. The summed E-state index contributed by atoms with van der Waals surface area (Å²) in [6, 6.07) is 7.75. The van der Waals surface area contributed by atoms with E-state index >= 15 is 0 Å². The summed E-state index contributed by atoms with van der Waals surface area (Å²) >= 11 is 0. The number of hydrazone groups is 1. The molecule has 0 saturated heterocycles. The zero-order chi connectivity index (χ0) is 17.1. The summed E-state index contributed by atoms with van der Waals surface area (Å²) in [6.45, 7) is 8.30. The number of nitrogens with zero attached hydrogens (tertiary/aromatic N) is 3. The minimum absolute atomic E-state index is 0.157. The van der Waals surface area contributed by atoms with Crippen molar-refractivity contribution in [3.8, 4) is 0 Å². The van der Waals surface area contributed by atoms with E-state index in [1.807, 2.05) is 42.7 Å². The lowest BCUT2D eigenvalue weighted by molar-refractivity contribution is -0.121. The van der Waals surface area contributed by atoms with E-state index in [4.69, 9.17) is 0 Å². The summed E-state index contributed by atoms with van der Waals surface area (Å²) in [5.74, 6) is 0.248. The highest BCUT2D eigenvalue weighted by atomic mass is 16.2. The smallest absolute Gasteiger partial charge is 0.260 e. The molecule has 0 unspecified atom stereocenters. The molecule has 0 bridgehead atoms. The Morgan fingerprint density at radius 1 is 1.46 bits per heavy atom. The average molecular weight is 322 g/mol. The first-order valence-electron chi connectivity index (χ1n) is 8.12. The first kappa shape index (κ1) is 16.2. The summed E-state index contributed by atoms with van der Waals surface area (Å²) in [7, 11) is 0. The van der Waals surface area contributed by atoms with E-state index in [0.29, 0.717) is 5.92 Å². The van der Waals surface area contributed by atoms with Crippen LogP contribution in [0.1, 0.15) is 26.7 Å². The van der Waals surface area contributed by atoms with Gasteiger partial charge in [-0.3, -0.25) is 4.79 Å². The van der Waals surface area contributed by atoms with Crippen molar-refractivity contribution in [1.29, 1.82) is 0 Å². The van der Waals surface area contributed by atoms with E-state index < -0.39 is 0 Å². The zero-order valence-corrected chi connectivity index (χ0v) is 14.1. The molecule has 1 aromatic heterocycles. The van der Waals surface area contributed by atoms with Crippen LogP contribution in [0.2, 0.25) is 0 Å². The molecule has 2 aromatic rings. The van der Waals surface area contributed by atoms with Gasteiger partial charge in [-0.15, -0.1) is 0 Å². The Bertz CT molecular complexity index is 844. The number of fused-ring (bicyclic) bond motifs is 1. The fourth-order valence-corrected chi connectivity index (χ4v) is 2.88. The number of amides is 1. The van der Waals surface area contributed by atoms with E-state index in [9.17, 15) is 4.79 Å². The van der Waals surface area contributed by atoms with Crippen LogP contribution in [0.25, 0.3) is 11.0 Å². The zero-order valence-electron chi connectivity index (χ0n) is 14.1. The molecule has 1 N–H and O–H groups in total. The Morgan fingerprint density at radius 3 is 3.04 bits per heavy atom. The summed E-state index contributed by atoms with van der Waals surface area (Å²) in [6.07, 6.45) is 5.67. The first-order chi connectivity index (χ1) is 11.5. The molecule has 0 radical (unpaired) electrons. The van der Waals surface area contributed by atoms with E-state index in [-0.39, 0.29) is 12.5 Å². The number of aromatic nitrogens is 2. The molecule has 1 aliphatic carbocycles. The third kappa shape index (κ3) is 3.45. The summed E-state index contributed by atoms with van der Waals surface area (Å²) in [4.78, 5) is 16.5. The quantitative estimate of drug-likeness (QED) is 0.692. The Morgan fingerprint density at radius 2 is 2.25 bits per heavy atom. The average Bonchev–Trinajstić information content (AvgIpc) is 2.97. The van der Waals surface area contributed by atoms with Crippen molar-refractivity contribution >= 4 is 22.7 Å². The number of hydrogen-bond acceptors (Lipinski definition) is 3. The van der Waals surface area contributed by atoms with Gasteiger partial charge in [0.1, 0.15) is 6.54 Å². The second kappa shape index (κ2) is 6.83. The normalized spacial score (nSPS) is 19.3. The SMILES string of the molecule is C=C(C)[C@H]1CC=C(C)/C(=N\NC(=O)Cn2cnc3ccccc32)C1. The molecule has 1 amide bonds. The van der Waals surface area contributed by atoms with Crippen LogP contribution in [-0.4, -0.2) is 21.2 Å². The molecule has 0 aliphatic heterocycles. The highest BCUT2D eigenvalue weighted by molar-refractivity contribution is 6.01. The van der Waals surface area contributed by atoms with Crippen LogP contribution in [0, 0.1) is 5.92 Å². The summed E-state index contributed by atoms with van der Waals surface area (Å²) in [5, 5.41) is 4.33. The standard InChI is InChI=1S/C19H22N4O/c1-13(2)15-9-8-14(3)17(10-15)21-22-19(24)11-23-12-20-16-6-4-5-7-18(16)23/h4-8,12,15H,1,9-11H2,2-3H3,(H,22,24)/b21-17-/t15-/m0/s1. The number of carbonyl (C=O) groups excluding carboxylic acids is 1. The number of para-hydroxylation sites is 2. The molecule has 3 rings (SSSR count). The van der Waals surface area contributed by atoms with Gasteiger partial charge in [-0.2, -0.15) is 5.10 Å². The number of allylic oxidation sites excluding steroid dienone is 3. The molecule has 1 aliphatic rings. The summed E-state index contributed by atoms with van der Waals surface area (Å²) < 4.78 is 1.82. The van der Waals surface area contributed by atoms with Gasteiger partial charge >= 0.3 is 0 Å². The number of imidazole rings is 1. The predicted octanol–water partition coefficient (Wildman–Crippen LogP) is 3.44. The van der Waals surface area contributed by atoms with Crippen molar-refractivity contribution in [2.24, 2.45) is 11.0 Å². The van der Waals surface area contributed by atoms with E-state index in [0.717, 1.165) is 40.7 Å².